The topological polar surface area (TPSA) is 95.0 Å². The molecule has 2 N–H and O–H groups in total. The Morgan fingerprint density at radius 1 is 1.00 bits per heavy atom. The molecule has 9 heteroatoms. The van der Waals surface area contributed by atoms with Crippen LogP contribution in [-0.4, -0.2) is 60.2 Å². The molecule has 2 heterocycles. The van der Waals surface area contributed by atoms with E-state index in [1.807, 2.05) is 29.2 Å². The van der Waals surface area contributed by atoms with Gasteiger partial charge in [0.15, 0.2) is 0 Å². The molecule has 0 saturated carbocycles. The minimum atomic E-state index is -0.637. The number of hydrogen-bond acceptors (Lipinski definition) is 6. The molecule has 2 aromatic rings. The molecule has 164 valence electrons. The fraction of sp³-hybridized carbons (Fsp3) is 0.227. The fourth-order valence-corrected chi connectivity index (χ4v) is 3.09. The summed E-state index contributed by atoms with van der Waals surface area (Å²) in [6.45, 7) is 2.80. The van der Waals surface area contributed by atoms with Crippen molar-refractivity contribution in [2.24, 2.45) is 0 Å². The number of anilines is 1. The van der Waals surface area contributed by atoms with Gasteiger partial charge in [0.25, 0.3) is 5.91 Å². The molecule has 0 aliphatic carbocycles. The predicted octanol–water partition coefficient (Wildman–Crippen LogP) is 2.39. The van der Waals surface area contributed by atoms with Gasteiger partial charge in [0.05, 0.1) is 18.5 Å². The minimum absolute atomic E-state index is 0. The van der Waals surface area contributed by atoms with Crippen LogP contribution in [0.3, 0.4) is 0 Å². The molecule has 0 atom stereocenters. The van der Waals surface area contributed by atoms with E-state index in [0.717, 1.165) is 24.5 Å². The van der Waals surface area contributed by atoms with Crippen LogP contribution in [0.1, 0.15) is 11.4 Å². The van der Waals surface area contributed by atoms with Crippen molar-refractivity contribution < 1.29 is 19.5 Å². The summed E-state index contributed by atoms with van der Waals surface area (Å²) in [5.74, 6) is 0.121. The summed E-state index contributed by atoms with van der Waals surface area (Å²) in [6, 6.07) is 13.2. The number of aromatic nitrogens is 1. The quantitative estimate of drug-likeness (QED) is 0.403. The molecule has 2 amide bonds. The molecule has 0 spiro atoms. The normalized spacial score (nSPS) is 13.9. The third kappa shape index (κ3) is 6.84. The molecular weight excluding hydrogens is 420 g/mol. The molecule has 3 rings (SSSR count). The van der Waals surface area contributed by atoms with Gasteiger partial charge in [0, 0.05) is 44.0 Å². The highest BCUT2D eigenvalue weighted by molar-refractivity contribution is 5.92. The first-order valence-electron chi connectivity index (χ1n) is 9.54. The first kappa shape index (κ1) is 23.9. The van der Waals surface area contributed by atoms with Crippen molar-refractivity contribution in [3.05, 3.63) is 66.0 Å². The number of methoxy groups -OCH3 is 1. The van der Waals surface area contributed by atoms with Gasteiger partial charge in [0.1, 0.15) is 5.75 Å². The van der Waals surface area contributed by atoms with E-state index in [2.05, 4.69) is 9.88 Å². The van der Waals surface area contributed by atoms with Crippen LogP contribution < -0.4 is 15.1 Å². The van der Waals surface area contributed by atoms with Crippen molar-refractivity contribution in [2.45, 2.75) is 0 Å². The molecule has 1 aromatic carbocycles. The van der Waals surface area contributed by atoms with Crippen LogP contribution >= 0.6 is 12.4 Å². The average Bonchev–Trinajstić information content (AvgIpc) is 2.81. The van der Waals surface area contributed by atoms with Gasteiger partial charge in [-0.3, -0.25) is 14.8 Å². The molecule has 1 aromatic heterocycles. The van der Waals surface area contributed by atoms with E-state index in [4.69, 9.17) is 9.94 Å². The number of carbonyl (C=O) groups is 2. The maximum Gasteiger partial charge on any atom is 0.267 e. The molecule has 0 bridgehead atoms. The molecule has 1 aliphatic rings. The third-order valence-corrected chi connectivity index (χ3v) is 4.73. The van der Waals surface area contributed by atoms with Crippen LogP contribution in [0.4, 0.5) is 5.69 Å². The van der Waals surface area contributed by atoms with Crippen LogP contribution in [0.2, 0.25) is 0 Å². The number of nitrogens with zero attached hydrogens (tertiary/aromatic N) is 3. The lowest BCUT2D eigenvalue weighted by molar-refractivity contribution is -0.126. The number of ether oxygens (including phenoxy) is 1. The number of hydroxylamine groups is 1. The Bertz CT molecular complexity index is 939. The second-order valence-corrected chi connectivity index (χ2v) is 6.64. The summed E-state index contributed by atoms with van der Waals surface area (Å²) < 4.78 is 5.19. The number of piperazine rings is 1. The van der Waals surface area contributed by atoms with E-state index in [0.29, 0.717) is 24.5 Å². The van der Waals surface area contributed by atoms with Crippen LogP contribution in [0.5, 0.6) is 5.75 Å². The molecular formula is C22H25ClN4O4. The monoisotopic (exact) mass is 444 g/mol. The Hall–Kier alpha value is -3.36. The van der Waals surface area contributed by atoms with Gasteiger partial charge < -0.3 is 14.5 Å². The number of halogens is 1. The Kier molecular flexibility index (Phi) is 9.05. The van der Waals surface area contributed by atoms with Crippen molar-refractivity contribution in [1.29, 1.82) is 0 Å². The van der Waals surface area contributed by atoms with E-state index in [-0.39, 0.29) is 18.3 Å². The zero-order chi connectivity index (χ0) is 21.3. The van der Waals surface area contributed by atoms with Crippen LogP contribution in [0, 0.1) is 0 Å². The Labute approximate surface area is 187 Å². The number of carbonyl (C=O) groups excluding carboxylic acids is 2. The van der Waals surface area contributed by atoms with Crippen molar-refractivity contribution in [3.63, 3.8) is 0 Å². The number of pyridine rings is 1. The van der Waals surface area contributed by atoms with E-state index in [1.165, 1.54) is 23.7 Å². The standard InChI is InChI=1S/C22H24N4O4.ClH/c1-30-20-9-7-19(8-10-20)25-13-15-26(16-14-25)22(28)12-6-18-4-2-3-17(23-18)5-11-21(27)24-29;/h2-12,29H,13-16H2,1H3,(H,24,27);1H/b11-5+,12-6+;. The summed E-state index contributed by atoms with van der Waals surface area (Å²) in [4.78, 5) is 32.0. The molecule has 31 heavy (non-hydrogen) atoms. The lowest BCUT2D eigenvalue weighted by Crippen LogP contribution is -2.48. The maximum atomic E-state index is 12.5. The Morgan fingerprint density at radius 3 is 2.19 bits per heavy atom. The first-order chi connectivity index (χ1) is 14.6. The van der Waals surface area contributed by atoms with Crippen molar-refractivity contribution >= 4 is 42.1 Å². The average molecular weight is 445 g/mol. The number of nitrogens with one attached hydrogen (secondary N) is 1. The lowest BCUT2D eigenvalue weighted by atomic mass is 10.2. The highest BCUT2D eigenvalue weighted by Crippen LogP contribution is 2.20. The molecule has 1 saturated heterocycles. The van der Waals surface area contributed by atoms with E-state index in [1.54, 1.807) is 31.4 Å². The van der Waals surface area contributed by atoms with E-state index < -0.39 is 5.91 Å². The summed E-state index contributed by atoms with van der Waals surface area (Å²) >= 11 is 0. The lowest BCUT2D eigenvalue weighted by Gasteiger charge is -2.35. The highest BCUT2D eigenvalue weighted by atomic mass is 35.5. The zero-order valence-electron chi connectivity index (χ0n) is 17.1. The fourth-order valence-electron chi connectivity index (χ4n) is 3.09. The van der Waals surface area contributed by atoms with Crippen molar-refractivity contribution in [2.75, 3.05) is 38.2 Å². The van der Waals surface area contributed by atoms with Gasteiger partial charge in [-0.1, -0.05) is 6.07 Å². The number of benzene rings is 1. The van der Waals surface area contributed by atoms with Gasteiger partial charge in [-0.15, -0.1) is 12.4 Å². The van der Waals surface area contributed by atoms with Gasteiger partial charge in [-0.2, -0.15) is 0 Å². The molecule has 1 aliphatic heterocycles. The Morgan fingerprint density at radius 2 is 1.61 bits per heavy atom. The van der Waals surface area contributed by atoms with Gasteiger partial charge in [0.2, 0.25) is 5.91 Å². The van der Waals surface area contributed by atoms with Crippen LogP contribution in [0.25, 0.3) is 12.2 Å². The molecule has 1 fully saturated rings. The van der Waals surface area contributed by atoms with E-state index >= 15 is 0 Å². The minimum Gasteiger partial charge on any atom is -0.497 e. The predicted molar refractivity (Wildman–Crippen MR) is 121 cm³/mol. The van der Waals surface area contributed by atoms with Crippen molar-refractivity contribution in [1.82, 2.24) is 15.4 Å². The Balaban J connectivity index is 0.00000341. The summed E-state index contributed by atoms with van der Waals surface area (Å²) in [6.07, 6.45) is 5.81. The highest BCUT2D eigenvalue weighted by Gasteiger charge is 2.19. The SMILES string of the molecule is COc1ccc(N2CCN(C(=O)/C=C/c3cccc(/C=C/C(=O)NO)n3)CC2)cc1.Cl. The van der Waals surface area contributed by atoms with Crippen LogP contribution in [0.15, 0.2) is 54.6 Å². The van der Waals surface area contributed by atoms with Crippen molar-refractivity contribution in [3.8, 4) is 5.75 Å². The van der Waals surface area contributed by atoms with Gasteiger partial charge in [-0.05, 0) is 48.6 Å². The number of hydrogen-bond donors (Lipinski definition) is 2. The molecule has 8 nitrogen and oxygen atoms in total. The number of amides is 2. The largest absolute Gasteiger partial charge is 0.497 e. The number of rotatable bonds is 6. The maximum absolute atomic E-state index is 12.5. The third-order valence-electron chi connectivity index (χ3n) is 4.73. The summed E-state index contributed by atoms with van der Waals surface area (Å²) in [7, 11) is 1.64. The summed E-state index contributed by atoms with van der Waals surface area (Å²) in [5.41, 5.74) is 3.78. The first-order valence-corrected chi connectivity index (χ1v) is 9.54. The second kappa shape index (κ2) is 11.7. The second-order valence-electron chi connectivity index (χ2n) is 6.64. The zero-order valence-corrected chi connectivity index (χ0v) is 17.9. The van der Waals surface area contributed by atoms with E-state index in [9.17, 15) is 9.59 Å². The smallest absolute Gasteiger partial charge is 0.267 e. The van der Waals surface area contributed by atoms with Crippen LogP contribution in [-0.2, 0) is 9.59 Å². The molecule has 0 radical (unpaired) electrons. The van der Waals surface area contributed by atoms with Gasteiger partial charge >= 0.3 is 0 Å². The molecule has 0 unspecified atom stereocenters. The summed E-state index contributed by atoms with van der Waals surface area (Å²) in [5, 5.41) is 8.51. The van der Waals surface area contributed by atoms with Gasteiger partial charge in [-0.25, -0.2) is 10.5 Å².